The summed E-state index contributed by atoms with van der Waals surface area (Å²) in [6.07, 6.45) is 2.25. The first kappa shape index (κ1) is 18.2. The highest BCUT2D eigenvalue weighted by molar-refractivity contribution is 5.89. The van der Waals surface area contributed by atoms with Crippen molar-refractivity contribution in [1.29, 1.82) is 0 Å². The smallest absolute Gasteiger partial charge is 0.163 e. The molecule has 0 bridgehead atoms. The number of nitrogens with two attached hydrogens (primary N) is 1. The maximum Gasteiger partial charge on any atom is 0.163 e. The third-order valence-corrected chi connectivity index (χ3v) is 5.50. The van der Waals surface area contributed by atoms with Crippen LogP contribution < -0.4 is 5.73 Å². The van der Waals surface area contributed by atoms with E-state index in [-0.39, 0.29) is 0 Å². The zero-order valence-corrected chi connectivity index (χ0v) is 17.0. The zero-order chi connectivity index (χ0) is 20.7. The summed E-state index contributed by atoms with van der Waals surface area (Å²) in [5.74, 6) is 0.466. The maximum atomic E-state index is 6.13. The number of anilines is 1. The van der Waals surface area contributed by atoms with Crippen LogP contribution in [0, 0.1) is 6.92 Å². The average Bonchev–Trinajstić information content (AvgIpc) is 3.13. The third kappa shape index (κ3) is 2.97. The molecule has 0 saturated heterocycles. The van der Waals surface area contributed by atoms with E-state index in [1.54, 1.807) is 0 Å². The van der Waals surface area contributed by atoms with Crippen LogP contribution in [0.1, 0.15) is 23.9 Å². The largest absolute Gasteiger partial charge is 0.383 e. The number of aryl methyl sites for hydroxylation is 2. The Bertz CT molecular complexity index is 1390. The monoisotopic (exact) mass is 394 g/mol. The molecule has 0 aliphatic carbocycles. The Labute approximate surface area is 174 Å². The van der Waals surface area contributed by atoms with E-state index in [4.69, 9.17) is 15.8 Å². The lowest BCUT2D eigenvalue weighted by molar-refractivity contribution is 0.678. The van der Waals surface area contributed by atoms with Gasteiger partial charge in [0.25, 0.3) is 0 Å². The fraction of sp³-hybridized carbons (Fsp3) is 0.167. The molecule has 0 saturated carbocycles. The van der Waals surface area contributed by atoms with Gasteiger partial charge in [-0.1, -0.05) is 49.4 Å². The Morgan fingerprint density at radius 3 is 2.57 bits per heavy atom. The summed E-state index contributed by atoms with van der Waals surface area (Å²) in [4.78, 5) is 13.6. The zero-order valence-electron chi connectivity index (χ0n) is 17.0. The molecule has 0 amide bonds. The molecule has 0 atom stereocenters. The van der Waals surface area contributed by atoms with Gasteiger partial charge in [-0.25, -0.2) is 14.6 Å². The Kier molecular flexibility index (Phi) is 4.39. The minimum Gasteiger partial charge on any atom is -0.383 e. The quantitative estimate of drug-likeness (QED) is 0.484. The molecule has 6 nitrogen and oxygen atoms in total. The second kappa shape index (κ2) is 7.22. The van der Waals surface area contributed by atoms with Crippen molar-refractivity contribution in [2.75, 3.05) is 5.73 Å². The molecule has 0 aliphatic rings. The van der Waals surface area contributed by atoms with Crippen LogP contribution in [0.2, 0.25) is 0 Å². The first-order chi connectivity index (χ1) is 14.7. The highest BCUT2D eigenvalue weighted by Crippen LogP contribution is 2.30. The maximum absolute atomic E-state index is 6.13. The lowest BCUT2D eigenvalue weighted by atomic mass is 9.97. The van der Waals surface area contributed by atoms with Crippen LogP contribution >= 0.6 is 0 Å². The third-order valence-electron chi connectivity index (χ3n) is 5.50. The fourth-order valence-electron chi connectivity index (χ4n) is 3.99. The minimum absolute atomic E-state index is 0.466. The summed E-state index contributed by atoms with van der Waals surface area (Å²) >= 11 is 0. The lowest BCUT2D eigenvalue weighted by Crippen LogP contribution is -2.07. The number of nitrogens with zero attached hydrogens (tertiary/aromatic N) is 5. The first-order valence-electron chi connectivity index (χ1n) is 10.1. The number of aromatic nitrogens is 5. The molecule has 0 radical (unpaired) electrons. The Hall–Kier alpha value is -3.80. The van der Waals surface area contributed by atoms with Gasteiger partial charge in [-0.3, -0.25) is 4.98 Å². The summed E-state index contributed by atoms with van der Waals surface area (Å²) in [6, 6.07) is 18.8. The van der Waals surface area contributed by atoms with Crippen molar-refractivity contribution in [2.24, 2.45) is 0 Å². The van der Waals surface area contributed by atoms with E-state index in [2.05, 4.69) is 60.2 Å². The second-order valence-corrected chi connectivity index (χ2v) is 7.41. The topological polar surface area (TPSA) is 82.5 Å². The van der Waals surface area contributed by atoms with Crippen LogP contribution in [-0.4, -0.2) is 24.7 Å². The van der Waals surface area contributed by atoms with E-state index in [0.717, 1.165) is 45.3 Å². The number of benzene rings is 2. The molecular weight excluding hydrogens is 372 g/mol. The number of hydrogen-bond donors (Lipinski definition) is 1. The van der Waals surface area contributed by atoms with E-state index in [1.165, 1.54) is 17.5 Å². The van der Waals surface area contributed by atoms with Crippen LogP contribution in [0.4, 0.5) is 5.82 Å². The Morgan fingerprint density at radius 1 is 0.933 bits per heavy atom. The molecule has 3 aromatic heterocycles. The highest BCUT2D eigenvalue weighted by atomic mass is 15.3. The molecule has 148 valence electrons. The number of rotatable bonds is 4. The van der Waals surface area contributed by atoms with Crippen molar-refractivity contribution >= 4 is 27.8 Å². The van der Waals surface area contributed by atoms with E-state index in [9.17, 15) is 0 Å². The van der Waals surface area contributed by atoms with Gasteiger partial charge in [-0.15, -0.1) is 0 Å². The number of nitrogen functional groups attached to an aromatic ring is 1. The normalized spacial score (nSPS) is 11.4. The number of fused-ring (bicyclic) bond motifs is 2. The standard InChI is InChI=1S/C24H22N6/c1-3-19-22-23(25)26-14-27-24(22)30(29-19)13-21-18(17-10-6-4-8-15(17)2)12-16-9-5-7-11-20(16)28-21/h4-12,14H,3,13H2,1-2H3,(H2,25,26,27). The molecule has 5 aromatic rings. The first-order valence-corrected chi connectivity index (χ1v) is 10.1. The van der Waals surface area contributed by atoms with Crippen LogP contribution in [0.5, 0.6) is 0 Å². The minimum atomic E-state index is 0.466. The van der Waals surface area contributed by atoms with Gasteiger partial charge in [0, 0.05) is 10.9 Å². The predicted molar refractivity (Wildman–Crippen MR) is 120 cm³/mol. The average molecular weight is 394 g/mol. The summed E-state index contributed by atoms with van der Waals surface area (Å²) in [5.41, 5.74) is 13.2. The van der Waals surface area contributed by atoms with Crippen molar-refractivity contribution in [1.82, 2.24) is 24.7 Å². The van der Waals surface area contributed by atoms with Gasteiger partial charge >= 0.3 is 0 Å². The molecule has 2 aromatic carbocycles. The second-order valence-electron chi connectivity index (χ2n) is 7.41. The van der Waals surface area contributed by atoms with Crippen LogP contribution in [0.3, 0.4) is 0 Å². The predicted octanol–water partition coefficient (Wildman–Crippen LogP) is 4.54. The Balaban J connectivity index is 1.73. The molecule has 0 unspecified atom stereocenters. The molecule has 0 aliphatic heterocycles. The molecule has 2 N–H and O–H groups in total. The van der Waals surface area contributed by atoms with Gasteiger partial charge in [0.2, 0.25) is 0 Å². The lowest BCUT2D eigenvalue weighted by Gasteiger charge is -2.13. The molecular formula is C24H22N6. The molecule has 0 spiro atoms. The fourth-order valence-corrected chi connectivity index (χ4v) is 3.99. The van der Waals surface area contributed by atoms with Gasteiger partial charge in [0.1, 0.15) is 12.1 Å². The van der Waals surface area contributed by atoms with E-state index in [0.29, 0.717) is 12.4 Å². The Morgan fingerprint density at radius 2 is 1.73 bits per heavy atom. The molecule has 30 heavy (non-hydrogen) atoms. The van der Waals surface area contributed by atoms with Crippen molar-refractivity contribution in [3.05, 3.63) is 77.9 Å². The van der Waals surface area contributed by atoms with Gasteiger partial charge in [-0.05, 0) is 36.6 Å². The molecule has 5 rings (SSSR count). The number of para-hydroxylation sites is 1. The van der Waals surface area contributed by atoms with Gasteiger partial charge in [0.05, 0.1) is 28.8 Å². The summed E-state index contributed by atoms with van der Waals surface area (Å²) in [7, 11) is 0. The summed E-state index contributed by atoms with van der Waals surface area (Å²) in [5, 5.41) is 6.74. The van der Waals surface area contributed by atoms with Crippen molar-refractivity contribution in [3.63, 3.8) is 0 Å². The van der Waals surface area contributed by atoms with Crippen molar-refractivity contribution < 1.29 is 0 Å². The molecule has 3 heterocycles. The van der Waals surface area contributed by atoms with Gasteiger partial charge < -0.3 is 5.73 Å². The van der Waals surface area contributed by atoms with E-state index in [1.807, 2.05) is 22.9 Å². The highest BCUT2D eigenvalue weighted by Gasteiger charge is 2.17. The summed E-state index contributed by atoms with van der Waals surface area (Å²) in [6.45, 7) is 4.69. The SMILES string of the molecule is CCc1nn(Cc2nc3ccccc3cc2-c2ccccc2C)c2ncnc(N)c12. The van der Waals surface area contributed by atoms with Crippen molar-refractivity contribution in [3.8, 4) is 11.1 Å². The number of pyridine rings is 1. The number of hydrogen-bond acceptors (Lipinski definition) is 5. The van der Waals surface area contributed by atoms with Crippen LogP contribution in [0.25, 0.3) is 33.1 Å². The van der Waals surface area contributed by atoms with Gasteiger partial charge in [0.15, 0.2) is 5.65 Å². The molecule has 6 heteroatoms. The van der Waals surface area contributed by atoms with Gasteiger partial charge in [-0.2, -0.15) is 5.10 Å². The van der Waals surface area contributed by atoms with Crippen molar-refractivity contribution in [2.45, 2.75) is 26.8 Å². The van der Waals surface area contributed by atoms with Crippen LogP contribution in [-0.2, 0) is 13.0 Å². The molecule has 0 fully saturated rings. The van der Waals surface area contributed by atoms with E-state index >= 15 is 0 Å². The van der Waals surface area contributed by atoms with E-state index < -0.39 is 0 Å². The summed E-state index contributed by atoms with van der Waals surface area (Å²) < 4.78 is 1.89. The van der Waals surface area contributed by atoms with Crippen LogP contribution in [0.15, 0.2) is 60.9 Å².